The van der Waals surface area contributed by atoms with Crippen LogP contribution in [0.3, 0.4) is 0 Å². The summed E-state index contributed by atoms with van der Waals surface area (Å²) < 4.78 is 13.4. The number of allylic oxidation sites excluding steroid dienone is 4. The number of benzene rings is 1. The Kier molecular flexibility index (Phi) is 5.60. The van der Waals surface area contributed by atoms with Gasteiger partial charge >= 0.3 is 0 Å². The molecule has 1 aliphatic rings. The molecule has 2 rings (SSSR count). The molecular weight excluding hydrogens is 314 g/mol. The van der Waals surface area contributed by atoms with Crippen LogP contribution in [0.4, 0.5) is 4.39 Å². The van der Waals surface area contributed by atoms with E-state index >= 15 is 0 Å². The highest BCUT2D eigenvalue weighted by atomic mass is 35.5. The van der Waals surface area contributed by atoms with Gasteiger partial charge in [-0.2, -0.15) is 0 Å². The van der Waals surface area contributed by atoms with Crippen molar-refractivity contribution in [3.8, 4) is 5.75 Å². The highest BCUT2D eigenvalue weighted by Gasteiger charge is 2.36. The Morgan fingerprint density at radius 1 is 1.10 bits per heavy atom. The normalized spacial score (nSPS) is 21.2. The van der Waals surface area contributed by atoms with Crippen molar-refractivity contribution in [3.05, 3.63) is 51.0 Å². The molecule has 0 aliphatic heterocycles. The minimum atomic E-state index is -1.91. The fraction of sp³-hybridized carbons (Fsp3) is 0.312. The summed E-state index contributed by atoms with van der Waals surface area (Å²) in [4.78, 5) is 10.9. The van der Waals surface area contributed by atoms with E-state index in [0.717, 1.165) is 17.2 Å². The predicted molar refractivity (Wildman–Crippen MR) is 84.8 cm³/mol. The lowest BCUT2D eigenvalue weighted by Crippen LogP contribution is -2.32. The zero-order valence-electron chi connectivity index (χ0n) is 12.3. The van der Waals surface area contributed by atoms with Gasteiger partial charge in [0.15, 0.2) is 11.5 Å². The topological polar surface area (TPSA) is 37.3 Å². The van der Waals surface area contributed by atoms with Gasteiger partial charge in [0.2, 0.25) is 0 Å². The number of carbonyl (C=O) groups excluding carboxylic acids is 1. The third kappa shape index (κ3) is 3.86. The molecule has 5 heteroatoms. The van der Waals surface area contributed by atoms with Crippen LogP contribution >= 0.6 is 23.2 Å². The van der Waals surface area contributed by atoms with Crippen molar-refractivity contribution in [2.45, 2.75) is 33.4 Å². The number of phenolic OH excluding ortho intramolecular Hbond substituents is 1. The van der Waals surface area contributed by atoms with Gasteiger partial charge in [0.25, 0.3) is 0 Å². The second-order valence-corrected chi connectivity index (χ2v) is 5.80. The van der Waals surface area contributed by atoms with E-state index in [9.17, 15) is 9.18 Å². The number of ketones is 1. The first-order chi connectivity index (χ1) is 9.59. The first kappa shape index (κ1) is 17.7. The second kappa shape index (κ2) is 6.63. The molecule has 0 fully saturated rings. The van der Waals surface area contributed by atoms with Gasteiger partial charge < -0.3 is 5.11 Å². The number of alkyl halides is 1. The van der Waals surface area contributed by atoms with Gasteiger partial charge in [0.1, 0.15) is 5.75 Å². The summed E-state index contributed by atoms with van der Waals surface area (Å²) in [7, 11) is 0. The third-order valence-electron chi connectivity index (χ3n) is 3.60. The van der Waals surface area contributed by atoms with E-state index in [1.54, 1.807) is 12.1 Å². The van der Waals surface area contributed by atoms with Crippen molar-refractivity contribution < 1.29 is 14.3 Å². The summed E-state index contributed by atoms with van der Waals surface area (Å²) in [5, 5.41) is 10.2. The Balaban J connectivity index is 0.000000211. The second-order valence-electron chi connectivity index (χ2n) is 4.99. The minimum absolute atomic E-state index is 0.284. The maximum Gasteiger partial charge on any atom is 0.196 e. The summed E-state index contributed by atoms with van der Waals surface area (Å²) >= 11 is 11.4. The molecule has 0 radical (unpaired) electrons. The van der Waals surface area contributed by atoms with Crippen LogP contribution in [-0.4, -0.2) is 16.6 Å². The molecule has 1 aromatic rings. The lowest BCUT2D eigenvalue weighted by atomic mass is 9.90. The summed E-state index contributed by atoms with van der Waals surface area (Å²) in [6.07, 6.45) is 2.58. The summed E-state index contributed by atoms with van der Waals surface area (Å²) in [5.41, 5.74) is 0.173. The van der Waals surface area contributed by atoms with Gasteiger partial charge in [0.05, 0.1) is 0 Å². The van der Waals surface area contributed by atoms with Crippen LogP contribution in [0.2, 0.25) is 5.02 Å². The van der Waals surface area contributed by atoms with Crippen LogP contribution in [0.25, 0.3) is 0 Å². The van der Waals surface area contributed by atoms with Crippen molar-refractivity contribution in [1.29, 1.82) is 0 Å². The van der Waals surface area contributed by atoms with Crippen molar-refractivity contribution in [1.82, 2.24) is 0 Å². The largest absolute Gasteiger partial charge is 0.508 e. The Hall–Kier alpha value is -1.32. The van der Waals surface area contributed by atoms with Crippen LogP contribution in [0.5, 0.6) is 5.75 Å². The summed E-state index contributed by atoms with van der Waals surface area (Å²) in [6, 6.07) is 3.30. The molecule has 0 saturated carbocycles. The lowest BCUT2D eigenvalue weighted by Gasteiger charge is -2.21. The maximum absolute atomic E-state index is 13.4. The molecule has 114 valence electrons. The number of aromatic hydroxyl groups is 1. The molecule has 21 heavy (non-hydrogen) atoms. The van der Waals surface area contributed by atoms with E-state index in [0.29, 0.717) is 15.8 Å². The predicted octanol–water partition coefficient (Wildman–Crippen LogP) is 5.03. The van der Waals surface area contributed by atoms with Gasteiger partial charge in [-0.25, -0.2) is 4.39 Å². The molecular formula is C16H17Cl2FO2. The fourth-order valence-electron chi connectivity index (χ4n) is 1.61. The molecule has 1 N–H and O–H groups in total. The Morgan fingerprint density at radius 3 is 2.14 bits per heavy atom. The van der Waals surface area contributed by atoms with Crippen molar-refractivity contribution in [2.75, 3.05) is 0 Å². The molecule has 1 atom stereocenters. The molecule has 0 bridgehead atoms. The van der Waals surface area contributed by atoms with Crippen LogP contribution < -0.4 is 0 Å². The van der Waals surface area contributed by atoms with Gasteiger partial charge in [-0.05, 0) is 68.7 Å². The molecule has 0 spiro atoms. The first-order valence-electron chi connectivity index (χ1n) is 6.32. The average Bonchev–Trinajstić information content (AvgIpc) is 2.44. The van der Waals surface area contributed by atoms with Crippen molar-refractivity contribution in [3.63, 3.8) is 0 Å². The van der Waals surface area contributed by atoms with Crippen LogP contribution in [0, 0.1) is 13.8 Å². The lowest BCUT2D eigenvalue weighted by molar-refractivity contribution is -0.122. The fourth-order valence-corrected chi connectivity index (χ4v) is 2.06. The number of hydrogen-bond acceptors (Lipinski definition) is 2. The SMILES string of the molecule is CC1=C(Cl)C=CC(=O)[C@]1(C)F.Cc1c(O)ccc(Cl)c1C. The standard InChI is InChI=1S/C8H8ClFO.C8H9ClO/c1-5-6(9)3-4-7(11)8(5,2)10;1-5-6(2)8(10)4-3-7(5)9/h3-4H,1-2H3;3-4,10H,1-2H3/t8-;/m1./s1. The highest BCUT2D eigenvalue weighted by molar-refractivity contribution is 6.33. The molecule has 1 aliphatic carbocycles. The van der Waals surface area contributed by atoms with Crippen molar-refractivity contribution >= 4 is 29.0 Å². The van der Waals surface area contributed by atoms with Crippen LogP contribution in [0.1, 0.15) is 25.0 Å². The average molecular weight is 331 g/mol. The first-order valence-corrected chi connectivity index (χ1v) is 7.07. The van der Waals surface area contributed by atoms with Crippen LogP contribution in [0.15, 0.2) is 34.9 Å². The number of hydrogen-bond donors (Lipinski definition) is 1. The Labute approximate surface area is 133 Å². The number of halogens is 3. The van der Waals surface area contributed by atoms with Gasteiger partial charge in [0, 0.05) is 10.1 Å². The molecule has 1 aromatic carbocycles. The monoisotopic (exact) mass is 330 g/mol. The Morgan fingerprint density at radius 2 is 1.67 bits per heavy atom. The van der Waals surface area contributed by atoms with Crippen molar-refractivity contribution in [2.24, 2.45) is 0 Å². The number of phenols is 1. The third-order valence-corrected chi connectivity index (χ3v) is 4.42. The van der Waals surface area contributed by atoms with Gasteiger partial charge in [-0.1, -0.05) is 23.2 Å². The molecule has 0 heterocycles. The van der Waals surface area contributed by atoms with Gasteiger partial charge in [-0.15, -0.1) is 0 Å². The van der Waals surface area contributed by atoms with E-state index in [1.165, 1.54) is 19.9 Å². The summed E-state index contributed by atoms with van der Waals surface area (Å²) in [6.45, 7) is 6.47. The highest BCUT2D eigenvalue weighted by Crippen LogP contribution is 2.31. The van der Waals surface area contributed by atoms with E-state index < -0.39 is 11.5 Å². The maximum atomic E-state index is 13.4. The quantitative estimate of drug-likeness (QED) is 0.724. The minimum Gasteiger partial charge on any atom is -0.508 e. The van der Waals surface area contributed by atoms with E-state index in [4.69, 9.17) is 28.3 Å². The number of rotatable bonds is 0. The van der Waals surface area contributed by atoms with E-state index in [-0.39, 0.29) is 5.57 Å². The van der Waals surface area contributed by atoms with Crippen LogP contribution in [-0.2, 0) is 4.79 Å². The Bertz CT molecular complexity index is 604. The molecule has 0 amide bonds. The van der Waals surface area contributed by atoms with Gasteiger partial charge in [-0.3, -0.25) is 4.79 Å². The molecule has 0 saturated heterocycles. The molecule has 0 aromatic heterocycles. The number of carbonyl (C=O) groups is 1. The zero-order chi connectivity index (χ0) is 16.4. The summed E-state index contributed by atoms with van der Waals surface area (Å²) in [5.74, 6) is -0.235. The zero-order valence-corrected chi connectivity index (χ0v) is 13.8. The van der Waals surface area contributed by atoms with E-state index in [1.807, 2.05) is 13.8 Å². The molecule has 2 nitrogen and oxygen atoms in total. The van der Waals surface area contributed by atoms with E-state index in [2.05, 4.69) is 0 Å². The smallest absolute Gasteiger partial charge is 0.196 e. The molecule has 0 unspecified atom stereocenters.